The highest BCUT2D eigenvalue weighted by Gasteiger charge is 2.10. The van der Waals surface area contributed by atoms with Crippen LogP contribution in [0.15, 0.2) is 18.2 Å². The van der Waals surface area contributed by atoms with Crippen LogP contribution in [0.25, 0.3) is 0 Å². The molecule has 1 aromatic rings. The van der Waals surface area contributed by atoms with Crippen LogP contribution < -0.4 is 14.8 Å². The van der Waals surface area contributed by atoms with Crippen LogP contribution in [0.3, 0.4) is 0 Å². The van der Waals surface area contributed by atoms with E-state index in [-0.39, 0.29) is 6.04 Å². The molecule has 1 aromatic carbocycles. The Kier molecular flexibility index (Phi) is 6.15. The van der Waals surface area contributed by atoms with Gasteiger partial charge in [0.1, 0.15) is 0 Å². The van der Waals surface area contributed by atoms with Gasteiger partial charge < -0.3 is 14.8 Å². The van der Waals surface area contributed by atoms with Crippen LogP contribution in [0.2, 0.25) is 0 Å². The number of ether oxygens (including phenoxy) is 2. The van der Waals surface area contributed by atoms with Gasteiger partial charge in [-0.1, -0.05) is 12.1 Å². The van der Waals surface area contributed by atoms with Crippen molar-refractivity contribution < 1.29 is 13.7 Å². The van der Waals surface area contributed by atoms with Gasteiger partial charge in [-0.2, -0.15) is 0 Å². The molecule has 0 bridgehead atoms. The summed E-state index contributed by atoms with van der Waals surface area (Å²) < 4.78 is 21.7. The van der Waals surface area contributed by atoms with Gasteiger partial charge in [-0.15, -0.1) is 0 Å². The third-order valence-corrected chi connectivity index (χ3v) is 3.58. The standard InChI is InChI=1S/C13H21NO3S/c1-10(9-18(4)15)14-8-11-6-5-7-12(16-2)13(11)17-3/h5-7,10,14H,8-9H2,1-4H3. The molecular formula is C13H21NO3S. The number of hydrogen-bond donors (Lipinski definition) is 1. The molecule has 0 aliphatic heterocycles. The van der Waals surface area contributed by atoms with E-state index in [0.717, 1.165) is 17.1 Å². The lowest BCUT2D eigenvalue weighted by Crippen LogP contribution is -2.30. The maximum absolute atomic E-state index is 11.1. The minimum absolute atomic E-state index is 0.201. The normalized spacial score (nSPS) is 14.0. The molecule has 0 amide bonds. The lowest BCUT2D eigenvalue weighted by Gasteiger charge is -2.16. The average molecular weight is 271 g/mol. The van der Waals surface area contributed by atoms with Gasteiger partial charge in [0.15, 0.2) is 11.5 Å². The molecule has 2 unspecified atom stereocenters. The molecule has 0 saturated carbocycles. The SMILES string of the molecule is COc1cccc(CNC(C)CS(C)=O)c1OC. The van der Waals surface area contributed by atoms with Gasteiger partial charge in [-0.3, -0.25) is 4.21 Å². The van der Waals surface area contributed by atoms with Gasteiger partial charge >= 0.3 is 0 Å². The zero-order valence-corrected chi connectivity index (χ0v) is 12.2. The van der Waals surface area contributed by atoms with Crippen molar-refractivity contribution in [1.29, 1.82) is 0 Å². The largest absolute Gasteiger partial charge is 0.493 e. The number of nitrogens with one attached hydrogen (secondary N) is 1. The highest BCUT2D eigenvalue weighted by atomic mass is 32.2. The minimum Gasteiger partial charge on any atom is -0.493 e. The van der Waals surface area contributed by atoms with Crippen molar-refractivity contribution in [1.82, 2.24) is 5.32 Å². The van der Waals surface area contributed by atoms with Gasteiger partial charge in [0.05, 0.1) is 14.2 Å². The molecule has 2 atom stereocenters. The van der Waals surface area contributed by atoms with Gasteiger partial charge in [-0.25, -0.2) is 0 Å². The summed E-state index contributed by atoms with van der Waals surface area (Å²) in [5, 5.41) is 3.33. The summed E-state index contributed by atoms with van der Waals surface area (Å²) in [7, 11) is 2.47. The molecule has 4 nitrogen and oxygen atoms in total. The first-order chi connectivity index (χ1) is 8.58. The Morgan fingerprint density at radius 1 is 1.33 bits per heavy atom. The van der Waals surface area contributed by atoms with Crippen molar-refractivity contribution in [3.8, 4) is 11.5 Å². The first-order valence-electron chi connectivity index (χ1n) is 5.81. The molecule has 0 radical (unpaired) electrons. The van der Waals surface area contributed by atoms with Crippen LogP contribution in [0.4, 0.5) is 0 Å². The third-order valence-electron chi connectivity index (χ3n) is 2.61. The molecule has 1 rings (SSSR count). The van der Waals surface area contributed by atoms with E-state index < -0.39 is 10.8 Å². The maximum Gasteiger partial charge on any atom is 0.165 e. The molecule has 0 aliphatic carbocycles. The third kappa shape index (κ3) is 4.31. The van der Waals surface area contributed by atoms with E-state index in [1.807, 2.05) is 25.1 Å². The van der Waals surface area contributed by atoms with Gasteiger partial charge in [-0.05, 0) is 13.0 Å². The van der Waals surface area contributed by atoms with Gasteiger partial charge in [0.25, 0.3) is 0 Å². The molecule has 0 saturated heterocycles. The summed E-state index contributed by atoms with van der Waals surface area (Å²) in [4.78, 5) is 0. The van der Waals surface area contributed by atoms with Crippen molar-refractivity contribution in [2.24, 2.45) is 0 Å². The molecule has 0 spiro atoms. The van der Waals surface area contributed by atoms with Crippen LogP contribution in [0.5, 0.6) is 11.5 Å². The van der Waals surface area contributed by atoms with Crippen molar-refractivity contribution in [3.63, 3.8) is 0 Å². The predicted octanol–water partition coefficient (Wildman–Crippen LogP) is 1.56. The molecule has 0 aromatic heterocycles. The first-order valence-corrected chi connectivity index (χ1v) is 7.54. The molecule has 1 N–H and O–H groups in total. The second-order valence-electron chi connectivity index (χ2n) is 4.17. The molecule has 0 fully saturated rings. The quantitative estimate of drug-likeness (QED) is 0.817. The number of methoxy groups -OCH3 is 2. The van der Waals surface area contributed by atoms with E-state index in [2.05, 4.69) is 5.32 Å². The Hall–Kier alpha value is -1.07. The Morgan fingerprint density at radius 2 is 2.06 bits per heavy atom. The van der Waals surface area contributed by atoms with Crippen molar-refractivity contribution >= 4 is 10.8 Å². The predicted molar refractivity (Wildman–Crippen MR) is 74.8 cm³/mol. The fourth-order valence-corrected chi connectivity index (χ4v) is 2.61. The fraction of sp³-hybridized carbons (Fsp3) is 0.538. The van der Waals surface area contributed by atoms with Crippen LogP contribution in [0, 0.1) is 0 Å². The number of rotatable bonds is 7. The summed E-state index contributed by atoms with van der Waals surface area (Å²) in [6.07, 6.45) is 1.71. The summed E-state index contributed by atoms with van der Waals surface area (Å²) >= 11 is 0. The molecular weight excluding hydrogens is 250 g/mol. The minimum atomic E-state index is -0.785. The second-order valence-corrected chi connectivity index (χ2v) is 5.65. The Morgan fingerprint density at radius 3 is 2.61 bits per heavy atom. The van der Waals surface area contributed by atoms with E-state index in [0.29, 0.717) is 12.3 Å². The highest BCUT2D eigenvalue weighted by molar-refractivity contribution is 7.84. The lowest BCUT2D eigenvalue weighted by atomic mass is 10.1. The smallest absolute Gasteiger partial charge is 0.165 e. The average Bonchev–Trinajstić information content (AvgIpc) is 2.34. The zero-order chi connectivity index (χ0) is 13.5. The van der Waals surface area contributed by atoms with Gasteiger partial charge in [0.2, 0.25) is 0 Å². The monoisotopic (exact) mass is 271 g/mol. The van der Waals surface area contributed by atoms with Crippen molar-refractivity contribution in [2.75, 3.05) is 26.2 Å². The van der Waals surface area contributed by atoms with E-state index in [9.17, 15) is 4.21 Å². The van der Waals surface area contributed by atoms with Crippen molar-refractivity contribution in [2.45, 2.75) is 19.5 Å². The molecule has 0 aliphatic rings. The number of hydrogen-bond acceptors (Lipinski definition) is 4. The van der Waals surface area contributed by atoms with Crippen LogP contribution in [0.1, 0.15) is 12.5 Å². The van der Waals surface area contributed by atoms with E-state index in [1.165, 1.54) is 0 Å². The van der Waals surface area contributed by atoms with Gasteiger partial charge in [0, 0.05) is 41.0 Å². The Balaban J connectivity index is 2.69. The summed E-state index contributed by atoms with van der Waals surface area (Å²) in [5.41, 5.74) is 1.03. The molecule has 102 valence electrons. The summed E-state index contributed by atoms with van der Waals surface area (Å²) in [6.45, 7) is 2.69. The van der Waals surface area contributed by atoms with Crippen LogP contribution in [-0.4, -0.2) is 36.5 Å². The first kappa shape index (κ1) is 15.0. The number of para-hydroxylation sites is 1. The number of benzene rings is 1. The summed E-state index contributed by atoms with van der Waals surface area (Å²) in [6, 6.07) is 5.99. The second kappa shape index (κ2) is 7.38. The Labute approximate surface area is 111 Å². The van der Waals surface area contributed by atoms with E-state index >= 15 is 0 Å². The highest BCUT2D eigenvalue weighted by Crippen LogP contribution is 2.30. The Bertz CT molecular complexity index is 409. The molecule has 0 heterocycles. The van der Waals surface area contributed by atoms with E-state index in [4.69, 9.17) is 9.47 Å². The van der Waals surface area contributed by atoms with Crippen LogP contribution >= 0.6 is 0 Å². The fourth-order valence-electron chi connectivity index (χ4n) is 1.79. The van der Waals surface area contributed by atoms with E-state index in [1.54, 1.807) is 20.5 Å². The molecule has 18 heavy (non-hydrogen) atoms. The topological polar surface area (TPSA) is 47.6 Å². The maximum atomic E-state index is 11.1. The molecule has 5 heteroatoms. The lowest BCUT2D eigenvalue weighted by molar-refractivity contribution is 0.350. The summed E-state index contributed by atoms with van der Waals surface area (Å²) in [5.74, 6) is 2.12. The zero-order valence-electron chi connectivity index (χ0n) is 11.4. The van der Waals surface area contributed by atoms with Crippen LogP contribution in [-0.2, 0) is 17.3 Å². The van der Waals surface area contributed by atoms with Crippen molar-refractivity contribution in [3.05, 3.63) is 23.8 Å².